The number of amides is 1. The summed E-state index contributed by atoms with van der Waals surface area (Å²) in [5, 5.41) is 2.18. The minimum Gasteiger partial charge on any atom is -0.495 e. The topological polar surface area (TPSA) is 94.8 Å². The van der Waals surface area contributed by atoms with Gasteiger partial charge in [-0.2, -0.15) is 0 Å². The molecule has 0 aliphatic rings. The van der Waals surface area contributed by atoms with Gasteiger partial charge in [-0.25, -0.2) is 14.8 Å². The summed E-state index contributed by atoms with van der Waals surface area (Å²) in [7, 11) is 1.54. The molecule has 0 aliphatic heterocycles. The smallest absolute Gasteiger partial charge is 0.361 e. The van der Waals surface area contributed by atoms with Crippen LogP contribution < -0.4 is 9.64 Å². The number of hydrogen-bond acceptors (Lipinski definition) is 8. The fourth-order valence-corrected chi connectivity index (χ4v) is 4.05. The highest BCUT2D eigenvalue weighted by Crippen LogP contribution is 2.35. The summed E-state index contributed by atoms with van der Waals surface area (Å²) in [6.07, 6.45) is 0. The molecule has 0 atom stereocenters. The minimum atomic E-state index is -0.610. The number of aromatic nitrogens is 2. The molecule has 2 aromatic carbocycles. The first-order chi connectivity index (χ1) is 16.0. The van der Waals surface area contributed by atoms with Gasteiger partial charge in [0.1, 0.15) is 18.1 Å². The number of benzene rings is 2. The summed E-state index contributed by atoms with van der Waals surface area (Å²) >= 11 is 1.27. The maximum atomic E-state index is 12.6. The lowest BCUT2D eigenvalue weighted by molar-refractivity contribution is -0.115. The van der Waals surface area contributed by atoms with Crippen molar-refractivity contribution in [2.24, 2.45) is 0 Å². The maximum absolute atomic E-state index is 12.6. The standard InChI is InChI=1S/C24H21N3O5S/c1-15-21(26-22(32-15)17-9-5-4-6-10-17)23(29)31-13-18-14-33-24(25-18)27(16(2)28)19-11-7-8-12-20(19)30-3/h4-12,14H,13H2,1-3H3. The van der Waals surface area contributed by atoms with Crippen molar-refractivity contribution in [1.29, 1.82) is 0 Å². The highest BCUT2D eigenvalue weighted by Gasteiger charge is 2.23. The Hall–Kier alpha value is -3.98. The molecule has 0 spiro atoms. The first-order valence-electron chi connectivity index (χ1n) is 10.1. The molecular formula is C24H21N3O5S. The van der Waals surface area contributed by atoms with Crippen LogP contribution in [0.25, 0.3) is 11.5 Å². The van der Waals surface area contributed by atoms with E-state index in [1.165, 1.54) is 23.2 Å². The van der Waals surface area contributed by atoms with Crippen LogP contribution in [-0.2, 0) is 16.1 Å². The number of rotatable bonds is 7. The molecule has 0 unspecified atom stereocenters. The van der Waals surface area contributed by atoms with E-state index < -0.39 is 5.97 Å². The quantitative estimate of drug-likeness (QED) is 0.350. The summed E-state index contributed by atoms with van der Waals surface area (Å²) in [6.45, 7) is 3.04. The number of carbonyl (C=O) groups excluding carboxylic acids is 2. The average Bonchev–Trinajstić information content (AvgIpc) is 3.45. The Labute approximate surface area is 194 Å². The van der Waals surface area contributed by atoms with Crippen LogP contribution in [0.5, 0.6) is 5.75 Å². The molecule has 2 heterocycles. The van der Waals surface area contributed by atoms with E-state index >= 15 is 0 Å². The first-order valence-corrected chi connectivity index (χ1v) is 10.9. The summed E-state index contributed by atoms with van der Waals surface area (Å²) in [5.41, 5.74) is 1.97. The minimum absolute atomic E-state index is 0.0695. The number of nitrogens with zero attached hydrogens (tertiary/aromatic N) is 3. The molecule has 0 saturated carbocycles. The molecule has 4 rings (SSSR count). The molecule has 0 fully saturated rings. The van der Waals surface area contributed by atoms with E-state index in [1.807, 2.05) is 42.5 Å². The number of carbonyl (C=O) groups is 2. The van der Waals surface area contributed by atoms with Crippen molar-refractivity contribution in [2.75, 3.05) is 12.0 Å². The molecule has 0 bridgehead atoms. The van der Waals surface area contributed by atoms with Crippen LogP contribution in [0.4, 0.5) is 10.8 Å². The summed E-state index contributed by atoms with van der Waals surface area (Å²) < 4.78 is 16.4. The van der Waals surface area contributed by atoms with Crippen LogP contribution in [-0.4, -0.2) is 29.0 Å². The van der Waals surface area contributed by atoms with Crippen LogP contribution >= 0.6 is 11.3 Å². The van der Waals surface area contributed by atoms with Crippen LogP contribution in [0.2, 0.25) is 0 Å². The molecule has 168 valence electrons. The van der Waals surface area contributed by atoms with Gasteiger partial charge >= 0.3 is 5.97 Å². The molecule has 1 amide bonds. The predicted octanol–water partition coefficient (Wildman–Crippen LogP) is 5.16. The Morgan fingerprint density at radius 3 is 2.52 bits per heavy atom. The number of esters is 1. The van der Waals surface area contributed by atoms with E-state index in [0.29, 0.717) is 33.9 Å². The maximum Gasteiger partial charge on any atom is 0.361 e. The number of oxazole rings is 1. The van der Waals surface area contributed by atoms with Crippen molar-refractivity contribution in [1.82, 2.24) is 9.97 Å². The van der Waals surface area contributed by atoms with Gasteiger partial charge < -0.3 is 13.9 Å². The number of aryl methyl sites for hydroxylation is 1. The highest BCUT2D eigenvalue weighted by atomic mass is 32.1. The largest absolute Gasteiger partial charge is 0.495 e. The molecule has 0 radical (unpaired) electrons. The molecular weight excluding hydrogens is 442 g/mol. The SMILES string of the molecule is COc1ccccc1N(C(C)=O)c1nc(COC(=O)c2nc(-c3ccccc3)oc2C)cs1. The van der Waals surface area contributed by atoms with Crippen LogP contribution in [0.1, 0.15) is 28.9 Å². The zero-order valence-corrected chi connectivity index (χ0v) is 19.1. The van der Waals surface area contributed by atoms with E-state index in [9.17, 15) is 9.59 Å². The van der Waals surface area contributed by atoms with Gasteiger partial charge in [0.25, 0.3) is 0 Å². The zero-order chi connectivity index (χ0) is 23.4. The summed E-state index contributed by atoms with van der Waals surface area (Å²) in [6, 6.07) is 16.5. The second-order valence-corrected chi connectivity index (χ2v) is 7.85. The predicted molar refractivity (Wildman–Crippen MR) is 124 cm³/mol. The van der Waals surface area contributed by atoms with E-state index in [4.69, 9.17) is 13.9 Å². The highest BCUT2D eigenvalue weighted by molar-refractivity contribution is 7.14. The van der Waals surface area contributed by atoms with Gasteiger partial charge in [-0.15, -0.1) is 11.3 Å². The van der Waals surface area contributed by atoms with Gasteiger partial charge in [0.15, 0.2) is 10.8 Å². The fraction of sp³-hybridized carbons (Fsp3) is 0.167. The Bertz CT molecular complexity index is 1280. The Balaban J connectivity index is 1.48. The number of anilines is 2. The number of hydrogen-bond donors (Lipinski definition) is 0. The fourth-order valence-electron chi connectivity index (χ4n) is 3.19. The third kappa shape index (κ3) is 4.78. The second kappa shape index (κ2) is 9.66. The Morgan fingerprint density at radius 1 is 1.06 bits per heavy atom. The molecule has 33 heavy (non-hydrogen) atoms. The van der Waals surface area contributed by atoms with Crippen molar-refractivity contribution in [2.45, 2.75) is 20.5 Å². The Morgan fingerprint density at radius 2 is 1.79 bits per heavy atom. The Kier molecular flexibility index (Phi) is 6.50. The lowest BCUT2D eigenvalue weighted by Gasteiger charge is -2.20. The van der Waals surface area contributed by atoms with Gasteiger partial charge in [-0.1, -0.05) is 30.3 Å². The number of para-hydroxylation sites is 2. The van der Waals surface area contributed by atoms with E-state index in [-0.39, 0.29) is 18.2 Å². The molecule has 0 saturated heterocycles. The number of ether oxygens (including phenoxy) is 2. The third-order valence-electron chi connectivity index (χ3n) is 4.73. The molecule has 0 aliphatic carbocycles. The number of thiazole rings is 1. The summed E-state index contributed by atoms with van der Waals surface area (Å²) in [4.78, 5) is 35.2. The molecule has 8 nitrogen and oxygen atoms in total. The molecule has 2 aromatic heterocycles. The average molecular weight is 464 g/mol. The van der Waals surface area contributed by atoms with Crippen molar-refractivity contribution in [3.8, 4) is 17.2 Å². The molecule has 9 heteroatoms. The van der Waals surface area contributed by atoms with Crippen molar-refractivity contribution in [3.63, 3.8) is 0 Å². The zero-order valence-electron chi connectivity index (χ0n) is 18.3. The van der Waals surface area contributed by atoms with Gasteiger partial charge in [-0.05, 0) is 31.2 Å². The lowest BCUT2D eigenvalue weighted by Crippen LogP contribution is -2.23. The molecule has 4 aromatic rings. The van der Waals surface area contributed by atoms with Gasteiger partial charge in [0.2, 0.25) is 11.8 Å². The van der Waals surface area contributed by atoms with E-state index in [2.05, 4.69) is 9.97 Å². The number of methoxy groups -OCH3 is 1. The van der Waals surface area contributed by atoms with Gasteiger partial charge in [-0.3, -0.25) is 9.69 Å². The van der Waals surface area contributed by atoms with E-state index in [1.54, 1.807) is 31.5 Å². The van der Waals surface area contributed by atoms with Gasteiger partial charge in [0, 0.05) is 17.9 Å². The normalized spacial score (nSPS) is 10.6. The van der Waals surface area contributed by atoms with Crippen molar-refractivity contribution < 1.29 is 23.5 Å². The molecule has 0 N–H and O–H groups in total. The third-order valence-corrected chi connectivity index (χ3v) is 5.61. The van der Waals surface area contributed by atoms with Crippen LogP contribution in [0.3, 0.4) is 0 Å². The van der Waals surface area contributed by atoms with Gasteiger partial charge in [0.05, 0.1) is 18.5 Å². The summed E-state index contributed by atoms with van der Waals surface area (Å²) in [5.74, 6) is 0.443. The van der Waals surface area contributed by atoms with Crippen LogP contribution in [0.15, 0.2) is 64.4 Å². The monoisotopic (exact) mass is 463 g/mol. The van der Waals surface area contributed by atoms with Crippen molar-refractivity contribution >= 4 is 34.0 Å². The van der Waals surface area contributed by atoms with Crippen molar-refractivity contribution in [3.05, 3.63) is 77.1 Å². The lowest BCUT2D eigenvalue weighted by atomic mass is 10.2. The second-order valence-electron chi connectivity index (χ2n) is 7.01. The first kappa shape index (κ1) is 22.2. The van der Waals surface area contributed by atoms with Crippen LogP contribution in [0, 0.1) is 6.92 Å². The van der Waals surface area contributed by atoms with E-state index in [0.717, 1.165) is 5.56 Å².